The van der Waals surface area contributed by atoms with E-state index in [1.54, 1.807) is 0 Å². The van der Waals surface area contributed by atoms with E-state index in [9.17, 15) is 20.0 Å². The summed E-state index contributed by atoms with van der Waals surface area (Å²) in [6.45, 7) is 3.26. The molecule has 0 aromatic heterocycles. The first-order valence-corrected chi connectivity index (χ1v) is 3.70. The highest BCUT2D eigenvalue weighted by Crippen LogP contribution is 2.26. The quantitative estimate of drug-likeness (QED) is 0.342. The van der Waals surface area contributed by atoms with Crippen LogP contribution in [0.4, 0.5) is 5.69 Å². The third kappa shape index (κ3) is 1.77. The van der Waals surface area contributed by atoms with E-state index in [1.165, 1.54) is 6.07 Å². The number of hydrogen-bond acceptors (Lipinski definition) is 4. The predicted octanol–water partition coefficient (Wildman–Crippen LogP) is 1.67. The predicted molar refractivity (Wildman–Crippen MR) is 49.3 cm³/mol. The lowest BCUT2D eigenvalue weighted by molar-refractivity contribution is -0.385. The smallest absolute Gasteiger partial charge is 0.310 e. The van der Waals surface area contributed by atoms with Gasteiger partial charge in [-0.1, -0.05) is 6.58 Å². The number of phenolic OH excluding ortho intramolecular Hbond substituents is 1. The molecule has 0 aliphatic carbocycles. The zero-order valence-electron chi connectivity index (χ0n) is 7.14. The molecule has 0 amide bonds. The second-order valence-electron chi connectivity index (χ2n) is 2.53. The lowest BCUT2D eigenvalue weighted by atomic mass is 10.1. The number of hydrogen-bond donors (Lipinski definition) is 1. The van der Waals surface area contributed by atoms with Crippen molar-refractivity contribution >= 4 is 11.5 Å². The Kier molecular flexibility index (Phi) is 2.62. The fourth-order valence-electron chi connectivity index (χ4n) is 0.949. The summed E-state index contributed by atoms with van der Waals surface area (Å²) in [6.07, 6.45) is 1.07. The molecule has 0 spiro atoms. The maximum atomic E-state index is 11.0. The summed E-state index contributed by atoms with van der Waals surface area (Å²) in [5.74, 6) is -0.919. The lowest BCUT2D eigenvalue weighted by Gasteiger charge is -1.98. The highest BCUT2D eigenvalue weighted by molar-refractivity contribution is 6.04. The molecule has 1 aromatic carbocycles. The standard InChI is InChI=1S/C9H7NO4/c1-2-8(11)6-3-4-7(10(13)14)9(12)5-6/h2-5,12H,1H2. The molecule has 5 nitrogen and oxygen atoms in total. The Morgan fingerprint density at radius 1 is 1.57 bits per heavy atom. The number of aromatic hydroxyl groups is 1. The largest absolute Gasteiger partial charge is 0.502 e. The van der Waals surface area contributed by atoms with Crippen molar-refractivity contribution in [3.05, 3.63) is 46.5 Å². The Balaban J connectivity index is 3.19. The second kappa shape index (κ2) is 3.69. The summed E-state index contributed by atoms with van der Waals surface area (Å²) in [6, 6.07) is 3.38. The zero-order valence-corrected chi connectivity index (χ0v) is 7.14. The molecule has 1 aromatic rings. The van der Waals surface area contributed by atoms with Crippen LogP contribution in [0.5, 0.6) is 5.75 Å². The van der Waals surface area contributed by atoms with Crippen LogP contribution in [0.1, 0.15) is 10.4 Å². The van der Waals surface area contributed by atoms with E-state index in [0.29, 0.717) is 0 Å². The molecule has 5 heteroatoms. The van der Waals surface area contributed by atoms with Gasteiger partial charge in [0.25, 0.3) is 0 Å². The topological polar surface area (TPSA) is 80.4 Å². The number of benzene rings is 1. The summed E-state index contributed by atoms with van der Waals surface area (Å²) in [5, 5.41) is 19.5. The SMILES string of the molecule is C=CC(=O)c1ccc([N+](=O)[O-])c(O)c1. The van der Waals surface area contributed by atoms with Crippen molar-refractivity contribution in [1.29, 1.82) is 0 Å². The molecule has 0 aliphatic heterocycles. The van der Waals surface area contributed by atoms with Crippen LogP contribution in [0, 0.1) is 10.1 Å². The Morgan fingerprint density at radius 3 is 2.64 bits per heavy atom. The average molecular weight is 193 g/mol. The van der Waals surface area contributed by atoms with Crippen molar-refractivity contribution in [2.24, 2.45) is 0 Å². The molecule has 0 radical (unpaired) electrons. The number of carbonyl (C=O) groups excluding carboxylic acids is 1. The van der Waals surface area contributed by atoms with E-state index in [1.807, 2.05) is 0 Å². The van der Waals surface area contributed by atoms with E-state index in [-0.39, 0.29) is 5.56 Å². The summed E-state index contributed by atoms with van der Waals surface area (Å²) in [4.78, 5) is 20.6. The molecule has 0 unspecified atom stereocenters. The van der Waals surface area contributed by atoms with Gasteiger partial charge in [-0.05, 0) is 18.2 Å². The average Bonchev–Trinajstić information content (AvgIpc) is 2.15. The Morgan fingerprint density at radius 2 is 2.21 bits per heavy atom. The number of allylic oxidation sites excluding steroid dienone is 1. The highest BCUT2D eigenvalue weighted by atomic mass is 16.6. The molecular weight excluding hydrogens is 186 g/mol. The first-order chi connectivity index (χ1) is 6.56. The van der Waals surface area contributed by atoms with Crippen LogP contribution < -0.4 is 0 Å². The molecule has 0 bridgehead atoms. The minimum atomic E-state index is -0.725. The number of phenols is 1. The van der Waals surface area contributed by atoms with Gasteiger partial charge in [-0.2, -0.15) is 0 Å². The van der Waals surface area contributed by atoms with E-state index < -0.39 is 22.1 Å². The number of carbonyl (C=O) groups is 1. The van der Waals surface area contributed by atoms with E-state index in [2.05, 4.69) is 6.58 Å². The molecule has 1 N–H and O–H groups in total. The maximum Gasteiger partial charge on any atom is 0.310 e. The molecule has 0 saturated heterocycles. The van der Waals surface area contributed by atoms with Gasteiger partial charge in [0.05, 0.1) is 4.92 Å². The van der Waals surface area contributed by atoms with Crippen molar-refractivity contribution in [1.82, 2.24) is 0 Å². The zero-order chi connectivity index (χ0) is 10.7. The monoisotopic (exact) mass is 193 g/mol. The van der Waals surface area contributed by atoms with Gasteiger partial charge < -0.3 is 5.11 Å². The summed E-state index contributed by atoms with van der Waals surface area (Å²) >= 11 is 0. The molecule has 1 rings (SSSR count). The number of nitrogens with zero attached hydrogens (tertiary/aromatic N) is 1. The molecule has 0 aliphatic rings. The van der Waals surface area contributed by atoms with Crippen LogP contribution in [0.25, 0.3) is 0 Å². The second-order valence-corrected chi connectivity index (χ2v) is 2.53. The van der Waals surface area contributed by atoms with Crippen molar-refractivity contribution < 1.29 is 14.8 Å². The van der Waals surface area contributed by atoms with Crippen LogP contribution in [-0.4, -0.2) is 15.8 Å². The van der Waals surface area contributed by atoms with Crippen molar-refractivity contribution in [2.45, 2.75) is 0 Å². The summed E-state index contributed by atoms with van der Waals surface area (Å²) in [7, 11) is 0. The maximum absolute atomic E-state index is 11.0. The minimum absolute atomic E-state index is 0.170. The van der Waals surface area contributed by atoms with Gasteiger partial charge in [-0.15, -0.1) is 0 Å². The molecule has 0 fully saturated rings. The number of rotatable bonds is 3. The molecule has 14 heavy (non-hydrogen) atoms. The van der Waals surface area contributed by atoms with Gasteiger partial charge in [0.2, 0.25) is 0 Å². The summed E-state index contributed by atoms with van der Waals surface area (Å²) < 4.78 is 0. The number of nitro benzene ring substituents is 1. The van der Waals surface area contributed by atoms with Crippen molar-refractivity contribution in [3.8, 4) is 5.75 Å². The lowest BCUT2D eigenvalue weighted by Crippen LogP contribution is -1.95. The van der Waals surface area contributed by atoms with Gasteiger partial charge in [-0.3, -0.25) is 14.9 Å². The fourth-order valence-corrected chi connectivity index (χ4v) is 0.949. The molecule has 72 valence electrons. The van der Waals surface area contributed by atoms with Crippen molar-refractivity contribution in [3.63, 3.8) is 0 Å². The van der Waals surface area contributed by atoms with Crippen LogP contribution in [0.15, 0.2) is 30.9 Å². The van der Waals surface area contributed by atoms with Crippen LogP contribution in [0.2, 0.25) is 0 Å². The number of nitro groups is 1. The van der Waals surface area contributed by atoms with Crippen LogP contribution in [-0.2, 0) is 0 Å². The van der Waals surface area contributed by atoms with E-state index >= 15 is 0 Å². The summed E-state index contributed by atoms with van der Waals surface area (Å²) in [5.41, 5.74) is -0.256. The molecule has 0 atom stereocenters. The van der Waals surface area contributed by atoms with E-state index in [0.717, 1.165) is 18.2 Å². The van der Waals surface area contributed by atoms with Gasteiger partial charge in [0, 0.05) is 11.6 Å². The first-order valence-electron chi connectivity index (χ1n) is 3.70. The minimum Gasteiger partial charge on any atom is -0.502 e. The third-order valence-electron chi connectivity index (χ3n) is 1.64. The van der Waals surface area contributed by atoms with Gasteiger partial charge in [0.1, 0.15) is 0 Å². The Labute approximate surface area is 79.4 Å². The van der Waals surface area contributed by atoms with Gasteiger partial charge in [-0.25, -0.2) is 0 Å². The first kappa shape index (κ1) is 9.91. The molecular formula is C9H7NO4. The van der Waals surface area contributed by atoms with Crippen molar-refractivity contribution in [2.75, 3.05) is 0 Å². The normalized spacial score (nSPS) is 9.43. The molecule has 0 heterocycles. The van der Waals surface area contributed by atoms with Crippen LogP contribution >= 0.6 is 0 Å². The Bertz CT molecular complexity index is 411. The fraction of sp³-hybridized carbons (Fsp3) is 0. The van der Waals surface area contributed by atoms with E-state index in [4.69, 9.17) is 0 Å². The highest BCUT2D eigenvalue weighted by Gasteiger charge is 2.14. The molecule has 0 saturated carbocycles. The Hall–Kier alpha value is -2.17. The number of ketones is 1. The third-order valence-corrected chi connectivity index (χ3v) is 1.64. The van der Waals surface area contributed by atoms with Crippen LogP contribution in [0.3, 0.4) is 0 Å². The van der Waals surface area contributed by atoms with Gasteiger partial charge in [0.15, 0.2) is 11.5 Å². The van der Waals surface area contributed by atoms with Gasteiger partial charge >= 0.3 is 5.69 Å².